The fourth-order valence-electron chi connectivity index (χ4n) is 3.09. The van der Waals surface area contributed by atoms with Crippen LogP contribution in [-0.4, -0.2) is 25.7 Å². The van der Waals surface area contributed by atoms with Crippen molar-refractivity contribution in [1.82, 2.24) is 19.7 Å². The molecule has 0 atom stereocenters. The molecule has 0 saturated heterocycles. The highest BCUT2D eigenvalue weighted by Crippen LogP contribution is 2.23. The summed E-state index contributed by atoms with van der Waals surface area (Å²) in [6.45, 7) is 3.75. The summed E-state index contributed by atoms with van der Waals surface area (Å²) in [5.74, 6) is -0.191. The maximum absolute atomic E-state index is 12.9. The maximum atomic E-state index is 12.9. The van der Waals surface area contributed by atoms with Gasteiger partial charge in [-0.05, 0) is 32.0 Å². The van der Waals surface area contributed by atoms with E-state index >= 15 is 0 Å². The van der Waals surface area contributed by atoms with Crippen LogP contribution in [0.3, 0.4) is 0 Å². The van der Waals surface area contributed by atoms with E-state index in [2.05, 4.69) is 20.4 Å². The lowest BCUT2D eigenvalue weighted by Gasteiger charge is -2.08. The van der Waals surface area contributed by atoms with E-state index in [1.165, 1.54) is 0 Å². The lowest BCUT2D eigenvalue weighted by atomic mass is 10.1. The molecule has 0 bridgehead atoms. The Labute approximate surface area is 144 Å². The number of nitrogens with one attached hydrogen (secondary N) is 1. The molecule has 124 valence electrons. The number of aryl methyl sites for hydroxylation is 3. The minimum Gasteiger partial charge on any atom is -0.321 e. The summed E-state index contributed by atoms with van der Waals surface area (Å²) in [5.41, 5.74) is 4.39. The van der Waals surface area contributed by atoms with Crippen molar-refractivity contribution in [2.45, 2.75) is 13.8 Å². The molecule has 6 heteroatoms. The summed E-state index contributed by atoms with van der Waals surface area (Å²) in [6, 6.07) is 11.5. The normalized spacial score (nSPS) is 11.2. The molecule has 0 aliphatic carbocycles. The van der Waals surface area contributed by atoms with E-state index in [1.54, 1.807) is 16.9 Å². The predicted octanol–water partition coefficient (Wildman–Crippen LogP) is 3.39. The van der Waals surface area contributed by atoms with Crippen molar-refractivity contribution in [2.24, 2.45) is 7.05 Å². The summed E-state index contributed by atoms with van der Waals surface area (Å²) in [5, 5.41) is 9.08. The number of amides is 1. The van der Waals surface area contributed by atoms with Crippen LogP contribution in [0.5, 0.6) is 0 Å². The fraction of sp³-hybridized carbons (Fsp3) is 0.158. The van der Waals surface area contributed by atoms with Crippen molar-refractivity contribution < 1.29 is 4.79 Å². The molecule has 1 amide bonds. The number of hydrogen-bond acceptors (Lipinski definition) is 4. The Hall–Kier alpha value is -3.28. The van der Waals surface area contributed by atoms with Gasteiger partial charge in [0.1, 0.15) is 0 Å². The minimum absolute atomic E-state index is 0.191. The Balaban J connectivity index is 1.76. The Bertz CT molecular complexity index is 1130. The van der Waals surface area contributed by atoms with Gasteiger partial charge in [0.2, 0.25) is 0 Å². The number of nitrogens with zero attached hydrogens (tertiary/aromatic N) is 4. The van der Waals surface area contributed by atoms with Crippen molar-refractivity contribution in [3.05, 3.63) is 59.5 Å². The second kappa shape index (κ2) is 5.66. The van der Waals surface area contributed by atoms with Crippen LogP contribution in [0.25, 0.3) is 21.9 Å². The van der Waals surface area contributed by atoms with Crippen molar-refractivity contribution >= 4 is 33.5 Å². The molecule has 0 unspecified atom stereocenters. The van der Waals surface area contributed by atoms with Crippen LogP contribution < -0.4 is 5.32 Å². The van der Waals surface area contributed by atoms with E-state index in [0.717, 1.165) is 27.7 Å². The number of pyridine rings is 2. The topological polar surface area (TPSA) is 72.7 Å². The van der Waals surface area contributed by atoms with Gasteiger partial charge in [-0.15, -0.1) is 0 Å². The van der Waals surface area contributed by atoms with Gasteiger partial charge in [0.25, 0.3) is 5.91 Å². The van der Waals surface area contributed by atoms with E-state index in [0.29, 0.717) is 16.9 Å². The third-order valence-electron chi connectivity index (χ3n) is 4.19. The first-order chi connectivity index (χ1) is 12.0. The molecule has 25 heavy (non-hydrogen) atoms. The van der Waals surface area contributed by atoms with E-state index in [4.69, 9.17) is 0 Å². The Morgan fingerprint density at radius 3 is 2.80 bits per heavy atom. The number of rotatable bonds is 2. The number of hydrogen-bond donors (Lipinski definition) is 1. The number of carbonyl (C=O) groups excluding carboxylic acids is 1. The van der Waals surface area contributed by atoms with Crippen molar-refractivity contribution in [3.63, 3.8) is 0 Å². The highest BCUT2D eigenvalue weighted by atomic mass is 16.1. The second-order valence-corrected chi connectivity index (χ2v) is 6.09. The molecule has 0 spiro atoms. The molecule has 0 aliphatic rings. The Kier molecular flexibility index (Phi) is 3.46. The molecule has 1 N–H and O–H groups in total. The van der Waals surface area contributed by atoms with Crippen LogP contribution in [0.4, 0.5) is 5.69 Å². The van der Waals surface area contributed by atoms with Crippen LogP contribution >= 0.6 is 0 Å². The summed E-state index contributed by atoms with van der Waals surface area (Å²) >= 11 is 0. The van der Waals surface area contributed by atoms with Gasteiger partial charge in [-0.25, -0.2) is 4.98 Å². The van der Waals surface area contributed by atoms with E-state index < -0.39 is 0 Å². The lowest BCUT2D eigenvalue weighted by Crippen LogP contribution is -2.13. The summed E-state index contributed by atoms with van der Waals surface area (Å²) < 4.78 is 1.70. The number of para-hydroxylation sites is 1. The van der Waals surface area contributed by atoms with Gasteiger partial charge < -0.3 is 5.32 Å². The first kappa shape index (κ1) is 15.3. The van der Waals surface area contributed by atoms with Gasteiger partial charge in [-0.3, -0.25) is 14.5 Å². The molecule has 6 nitrogen and oxygen atoms in total. The molecule has 3 heterocycles. The first-order valence-corrected chi connectivity index (χ1v) is 8.00. The zero-order chi connectivity index (χ0) is 17.6. The summed E-state index contributed by atoms with van der Waals surface area (Å²) in [7, 11) is 1.83. The van der Waals surface area contributed by atoms with Crippen LogP contribution in [0.15, 0.2) is 42.6 Å². The molecule has 4 aromatic rings. The van der Waals surface area contributed by atoms with Crippen molar-refractivity contribution in [1.29, 1.82) is 0 Å². The third-order valence-corrected chi connectivity index (χ3v) is 4.19. The number of anilines is 1. The number of benzene rings is 1. The standard InChI is InChI=1S/C19H17N5O/c1-11-8-15(17-12(2)23-24(3)18(17)21-11)19(25)22-14-9-13-6-4-5-7-16(13)20-10-14/h4-10H,1-3H3,(H,22,25). The van der Waals surface area contributed by atoms with E-state index in [-0.39, 0.29) is 5.91 Å². The van der Waals surface area contributed by atoms with Gasteiger partial charge in [0, 0.05) is 18.1 Å². The molecule has 0 radical (unpaired) electrons. The van der Waals surface area contributed by atoms with Gasteiger partial charge in [-0.1, -0.05) is 18.2 Å². The first-order valence-electron chi connectivity index (χ1n) is 8.00. The Morgan fingerprint density at radius 2 is 1.96 bits per heavy atom. The highest BCUT2D eigenvalue weighted by Gasteiger charge is 2.18. The van der Waals surface area contributed by atoms with Crippen LogP contribution in [0, 0.1) is 13.8 Å². The molecule has 1 aromatic carbocycles. The zero-order valence-corrected chi connectivity index (χ0v) is 14.2. The van der Waals surface area contributed by atoms with Gasteiger partial charge in [0.15, 0.2) is 5.65 Å². The average Bonchev–Trinajstić information content (AvgIpc) is 2.88. The van der Waals surface area contributed by atoms with Crippen LogP contribution in [0.1, 0.15) is 21.7 Å². The monoisotopic (exact) mass is 331 g/mol. The van der Waals surface area contributed by atoms with Gasteiger partial charge in [0.05, 0.1) is 34.0 Å². The predicted molar refractivity (Wildman–Crippen MR) is 97.7 cm³/mol. The largest absolute Gasteiger partial charge is 0.321 e. The molecular weight excluding hydrogens is 314 g/mol. The third kappa shape index (κ3) is 2.61. The molecule has 0 saturated carbocycles. The SMILES string of the molecule is Cc1cc(C(=O)Nc2cnc3ccccc3c2)c2c(C)nn(C)c2n1. The highest BCUT2D eigenvalue weighted by molar-refractivity contribution is 6.13. The second-order valence-electron chi connectivity index (χ2n) is 6.09. The fourth-order valence-corrected chi connectivity index (χ4v) is 3.09. The average molecular weight is 331 g/mol. The van der Waals surface area contributed by atoms with E-state index in [9.17, 15) is 4.79 Å². The molecule has 3 aromatic heterocycles. The number of aromatic nitrogens is 4. The van der Waals surface area contributed by atoms with E-state index in [1.807, 2.05) is 51.2 Å². The number of carbonyl (C=O) groups is 1. The zero-order valence-electron chi connectivity index (χ0n) is 14.2. The Morgan fingerprint density at radius 1 is 1.16 bits per heavy atom. The van der Waals surface area contributed by atoms with Crippen molar-refractivity contribution in [2.75, 3.05) is 5.32 Å². The quantitative estimate of drug-likeness (QED) is 0.611. The van der Waals surface area contributed by atoms with Gasteiger partial charge >= 0.3 is 0 Å². The van der Waals surface area contributed by atoms with Crippen LogP contribution in [-0.2, 0) is 7.05 Å². The van der Waals surface area contributed by atoms with Gasteiger partial charge in [-0.2, -0.15) is 5.10 Å². The minimum atomic E-state index is -0.191. The molecule has 0 fully saturated rings. The number of fused-ring (bicyclic) bond motifs is 2. The maximum Gasteiger partial charge on any atom is 0.256 e. The van der Waals surface area contributed by atoms with Crippen molar-refractivity contribution in [3.8, 4) is 0 Å². The lowest BCUT2D eigenvalue weighted by molar-refractivity contribution is 0.102. The molecule has 4 rings (SSSR count). The van der Waals surface area contributed by atoms with Crippen LogP contribution in [0.2, 0.25) is 0 Å². The smallest absolute Gasteiger partial charge is 0.256 e. The summed E-state index contributed by atoms with van der Waals surface area (Å²) in [6.07, 6.45) is 1.67. The summed E-state index contributed by atoms with van der Waals surface area (Å²) in [4.78, 5) is 21.8. The molecule has 0 aliphatic heterocycles. The molecular formula is C19H17N5O.